The molecule has 0 spiro atoms. The van der Waals surface area contributed by atoms with E-state index in [1.807, 2.05) is 0 Å². The third-order valence-corrected chi connectivity index (χ3v) is 6.39. The Labute approximate surface area is 202 Å². The van der Waals surface area contributed by atoms with E-state index in [0.717, 1.165) is 40.5 Å². The molecular weight excluding hydrogens is 478 g/mol. The molecule has 1 aliphatic rings. The van der Waals surface area contributed by atoms with Crippen LogP contribution in [0.4, 0.5) is 13.9 Å². The first-order valence-electron chi connectivity index (χ1n) is 10.3. The van der Waals surface area contributed by atoms with Crippen molar-refractivity contribution < 1.29 is 33.0 Å². The number of thiazole rings is 1. The summed E-state index contributed by atoms with van der Waals surface area (Å²) < 4.78 is 32.1. The van der Waals surface area contributed by atoms with E-state index in [2.05, 4.69) is 11.6 Å². The average Bonchev–Trinajstić information content (AvgIpc) is 3.35. The second-order valence-corrected chi connectivity index (χ2v) is 8.50. The summed E-state index contributed by atoms with van der Waals surface area (Å²) in [5, 5.41) is 11.0. The molecule has 1 unspecified atom stereocenters. The van der Waals surface area contributed by atoms with E-state index in [1.54, 1.807) is 6.92 Å². The number of halogens is 2. The summed E-state index contributed by atoms with van der Waals surface area (Å²) in [6, 6.07) is 8.60. The SMILES string of the molecule is C=CCOC(=O)c1sc(N2C(=O)C(=O)/C(=C(/O)c3ccc(F)cc3)C2c2ccc(F)cc2)nc1C. The Balaban J connectivity index is 1.88. The quantitative estimate of drug-likeness (QED) is 0.175. The van der Waals surface area contributed by atoms with Gasteiger partial charge in [-0.3, -0.25) is 14.5 Å². The number of aryl methyl sites for hydroxylation is 1. The highest BCUT2D eigenvalue weighted by atomic mass is 32.1. The van der Waals surface area contributed by atoms with Gasteiger partial charge < -0.3 is 9.84 Å². The first kappa shape index (κ1) is 24.0. The molecule has 1 atom stereocenters. The lowest BCUT2D eigenvalue weighted by molar-refractivity contribution is -0.132. The number of aliphatic hydroxyl groups is 1. The summed E-state index contributed by atoms with van der Waals surface area (Å²) in [6.45, 7) is 5.01. The number of carbonyl (C=O) groups is 3. The van der Waals surface area contributed by atoms with Gasteiger partial charge in [0.25, 0.3) is 5.78 Å². The molecule has 2 aromatic carbocycles. The highest BCUT2D eigenvalue weighted by molar-refractivity contribution is 7.17. The number of benzene rings is 2. The molecule has 2 heterocycles. The third kappa shape index (κ3) is 4.47. The number of hydrogen-bond donors (Lipinski definition) is 1. The third-order valence-electron chi connectivity index (χ3n) is 5.26. The monoisotopic (exact) mass is 496 g/mol. The predicted octanol–water partition coefficient (Wildman–Crippen LogP) is 4.70. The first-order valence-corrected chi connectivity index (χ1v) is 11.1. The minimum atomic E-state index is -1.18. The number of carbonyl (C=O) groups excluding carboxylic acids is 3. The normalized spacial score (nSPS) is 17.0. The van der Waals surface area contributed by atoms with Gasteiger partial charge in [0.2, 0.25) is 0 Å². The van der Waals surface area contributed by atoms with Crippen LogP contribution in [-0.4, -0.2) is 34.4 Å². The topological polar surface area (TPSA) is 96.8 Å². The minimum absolute atomic E-state index is 0.0163. The number of aliphatic hydroxyl groups excluding tert-OH is 1. The van der Waals surface area contributed by atoms with Crippen molar-refractivity contribution in [1.82, 2.24) is 4.98 Å². The molecule has 0 aliphatic carbocycles. The molecule has 1 amide bonds. The van der Waals surface area contributed by atoms with E-state index in [-0.39, 0.29) is 33.4 Å². The van der Waals surface area contributed by atoms with Crippen LogP contribution in [0.5, 0.6) is 0 Å². The maximum atomic E-state index is 13.6. The van der Waals surface area contributed by atoms with Crippen LogP contribution >= 0.6 is 11.3 Å². The number of hydrogen-bond acceptors (Lipinski definition) is 7. The van der Waals surface area contributed by atoms with Crippen LogP contribution < -0.4 is 4.90 Å². The summed E-state index contributed by atoms with van der Waals surface area (Å²) in [6.07, 6.45) is 1.40. The Kier molecular flexibility index (Phi) is 6.57. The molecule has 0 saturated carbocycles. The molecule has 1 aliphatic heterocycles. The van der Waals surface area contributed by atoms with Crippen molar-refractivity contribution in [2.24, 2.45) is 0 Å². The molecular formula is C25H18F2N2O5S. The van der Waals surface area contributed by atoms with Crippen molar-refractivity contribution in [3.05, 3.63) is 100 Å². The number of Topliss-reactive ketones (excluding diaryl/α,β-unsaturated/α-hetero) is 1. The van der Waals surface area contributed by atoms with E-state index in [1.165, 1.54) is 30.3 Å². The van der Waals surface area contributed by atoms with Gasteiger partial charge in [-0.15, -0.1) is 0 Å². The number of amides is 1. The second-order valence-electron chi connectivity index (χ2n) is 7.53. The summed E-state index contributed by atoms with van der Waals surface area (Å²) in [5.74, 6) is -4.30. The largest absolute Gasteiger partial charge is 0.507 e. The standard InChI is InChI=1S/C25H18F2N2O5S/c1-3-12-34-24(33)22-13(2)28-25(35-22)29-19(14-4-8-16(26)9-5-14)18(21(31)23(29)32)20(30)15-6-10-17(27)11-7-15/h3-11,19,30H,1,12H2,2H3/b20-18+. The fourth-order valence-corrected chi connectivity index (χ4v) is 4.62. The number of esters is 1. The smallest absolute Gasteiger partial charge is 0.350 e. The lowest BCUT2D eigenvalue weighted by atomic mass is 9.95. The van der Waals surface area contributed by atoms with Crippen LogP contribution in [0.25, 0.3) is 5.76 Å². The summed E-state index contributed by atoms with van der Waals surface area (Å²) in [5.41, 5.74) is 0.424. The Morgan fingerprint density at radius 3 is 2.34 bits per heavy atom. The fraction of sp³-hybridized carbons (Fsp3) is 0.120. The zero-order valence-corrected chi connectivity index (χ0v) is 19.1. The molecule has 7 nitrogen and oxygen atoms in total. The Morgan fingerprint density at radius 1 is 1.14 bits per heavy atom. The van der Waals surface area contributed by atoms with Gasteiger partial charge in [-0.2, -0.15) is 0 Å². The van der Waals surface area contributed by atoms with Crippen LogP contribution in [0.2, 0.25) is 0 Å². The Hall–Kier alpha value is -4.18. The number of rotatable bonds is 6. The number of ether oxygens (including phenoxy) is 1. The van der Waals surface area contributed by atoms with E-state index >= 15 is 0 Å². The van der Waals surface area contributed by atoms with Gasteiger partial charge in [-0.1, -0.05) is 36.1 Å². The van der Waals surface area contributed by atoms with Crippen molar-refractivity contribution >= 4 is 39.9 Å². The predicted molar refractivity (Wildman–Crippen MR) is 125 cm³/mol. The van der Waals surface area contributed by atoms with Crippen LogP contribution in [0.3, 0.4) is 0 Å². The maximum absolute atomic E-state index is 13.6. The molecule has 3 aromatic rings. The van der Waals surface area contributed by atoms with Gasteiger partial charge in [-0.25, -0.2) is 18.6 Å². The first-order chi connectivity index (χ1) is 16.7. The fourth-order valence-electron chi connectivity index (χ4n) is 3.63. The summed E-state index contributed by atoms with van der Waals surface area (Å²) in [4.78, 5) is 44.1. The number of aromatic nitrogens is 1. The molecule has 1 fully saturated rings. The van der Waals surface area contributed by atoms with Crippen molar-refractivity contribution in [3.8, 4) is 0 Å². The van der Waals surface area contributed by atoms with Crippen molar-refractivity contribution in [3.63, 3.8) is 0 Å². The van der Waals surface area contributed by atoms with Gasteiger partial charge in [0, 0.05) is 5.56 Å². The molecule has 1 aromatic heterocycles. The highest BCUT2D eigenvalue weighted by Gasteiger charge is 2.48. The van der Waals surface area contributed by atoms with Crippen LogP contribution in [0.15, 0.2) is 66.8 Å². The molecule has 10 heteroatoms. The van der Waals surface area contributed by atoms with Crippen molar-refractivity contribution in [2.75, 3.05) is 11.5 Å². The molecule has 178 valence electrons. The van der Waals surface area contributed by atoms with Crippen LogP contribution in [-0.2, 0) is 14.3 Å². The van der Waals surface area contributed by atoms with Crippen LogP contribution in [0.1, 0.15) is 32.5 Å². The van der Waals surface area contributed by atoms with Crippen molar-refractivity contribution in [2.45, 2.75) is 13.0 Å². The molecule has 0 bridgehead atoms. The zero-order valence-electron chi connectivity index (χ0n) is 18.3. The Morgan fingerprint density at radius 2 is 1.74 bits per heavy atom. The van der Waals surface area contributed by atoms with Gasteiger partial charge >= 0.3 is 11.9 Å². The molecule has 1 N–H and O–H groups in total. The average molecular weight is 496 g/mol. The van der Waals surface area contributed by atoms with Gasteiger partial charge in [-0.05, 0) is 48.9 Å². The number of ketones is 1. The van der Waals surface area contributed by atoms with Gasteiger partial charge in [0.1, 0.15) is 28.9 Å². The summed E-state index contributed by atoms with van der Waals surface area (Å²) in [7, 11) is 0. The van der Waals surface area contributed by atoms with Crippen LogP contribution in [0, 0.1) is 18.6 Å². The zero-order chi connectivity index (χ0) is 25.3. The van der Waals surface area contributed by atoms with E-state index in [4.69, 9.17) is 4.74 Å². The molecule has 0 radical (unpaired) electrons. The minimum Gasteiger partial charge on any atom is -0.507 e. The molecule has 1 saturated heterocycles. The van der Waals surface area contributed by atoms with Gasteiger partial charge in [0.15, 0.2) is 5.13 Å². The van der Waals surface area contributed by atoms with E-state index < -0.39 is 41.1 Å². The lowest BCUT2D eigenvalue weighted by Crippen LogP contribution is -2.29. The van der Waals surface area contributed by atoms with Crippen molar-refractivity contribution in [1.29, 1.82) is 0 Å². The van der Waals surface area contributed by atoms with Gasteiger partial charge in [0.05, 0.1) is 17.3 Å². The lowest BCUT2D eigenvalue weighted by Gasteiger charge is -2.23. The van der Waals surface area contributed by atoms with E-state index in [0.29, 0.717) is 5.56 Å². The Bertz CT molecular complexity index is 1360. The molecule has 35 heavy (non-hydrogen) atoms. The number of anilines is 1. The number of nitrogens with zero attached hydrogens (tertiary/aromatic N) is 2. The summed E-state index contributed by atoms with van der Waals surface area (Å²) >= 11 is 0.839. The maximum Gasteiger partial charge on any atom is 0.350 e. The second kappa shape index (κ2) is 9.59. The van der Waals surface area contributed by atoms with E-state index in [9.17, 15) is 28.3 Å². The molecule has 4 rings (SSSR count). The highest BCUT2D eigenvalue weighted by Crippen LogP contribution is 2.44.